The van der Waals surface area contributed by atoms with Crippen molar-refractivity contribution in [3.8, 4) is 11.5 Å². The molecule has 3 rings (SSSR count). The lowest BCUT2D eigenvalue weighted by molar-refractivity contribution is -0.118. The summed E-state index contributed by atoms with van der Waals surface area (Å²) >= 11 is 0. The van der Waals surface area contributed by atoms with Gasteiger partial charge in [0.05, 0.1) is 6.10 Å². The van der Waals surface area contributed by atoms with Crippen LogP contribution in [0.3, 0.4) is 0 Å². The molecule has 0 heterocycles. The molecule has 0 bridgehead atoms. The van der Waals surface area contributed by atoms with Gasteiger partial charge in [0.15, 0.2) is 18.1 Å². The minimum absolute atomic E-state index is 0.0447. The number of hydrogen-bond donors (Lipinski definition) is 1. The van der Waals surface area contributed by atoms with E-state index >= 15 is 0 Å². The van der Waals surface area contributed by atoms with Crippen molar-refractivity contribution in [2.45, 2.75) is 19.6 Å². The van der Waals surface area contributed by atoms with E-state index in [2.05, 4.69) is 5.32 Å². The van der Waals surface area contributed by atoms with E-state index in [1.54, 1.807) is 13.2 Å². The maximum atomic E-state index is 12.3. The van der Waals surface area contributed by atoms with Crippen molar-refractivity contribution in [3.63, 3.8) is 0 Å². The average molecular weight is 391 g/mol. The smallest absolute Gasteiger partial charge is 0.262 e. The summed E-state index contributed by atoms with van der Waals surface area (Å²) in [5.41, 5.74) is 2.75. The molecule has 0 aliphatic heterocycles. The molecule has 0 aromatic heterocycles. The fourth-order valence-electron chi connectivity index (χ4n) is 2.77. The Hall–Kier alpha value is -3.31. The molecule has 5 heteroatoms. The van der Waals surface area contributed by atoms with Crippen molar-refractivity contribution >= 4 is 11.6 Å². The number of benzene rings is 3. The molecule has 0 saturated heterocycles. The van der Waals surface area contributed by atoms with Crippen LogP contribution in [-0.2, 0) is 16.1 Å². The summed E-state index contributed by atoms with van der Waals surface area (Å²) in [5.74, 6) is 0.880. The predicted molar refractivity (Wildman–Crippen MR) is 113 cm³/mol. The number of para-hydroxylation sites is 2. The van der Waals surface area contributed by atoms with Gasteiger partial charge in [-0.25, -0.2) is 0 Å². The van der Waals surface area contributed by atoms with E-state index in [0.717, 1.165) is 11.1 Å². The second-order valence-electron chi connectivity index (χ2n) is 6.56. The third-order valence-corrected chi connectivity index (χ3v) is 4.44. The Balaban J connectivity index is 1.56. The van der Waals surface area contributed by atoms with Gasteiger partial charge in [0, 0.05) is 12.8 Å². The van der Waals surface area contributed by atoms with Crippen LogP contribution in [-0.4, -0.2) is 19.6 Å². The summed E-state index contributed by atoms with van der Waals surface area (Å²) < 4.78 is 16.9. The first-order valence-electron chi connectivity index (χ1n) is 9.47. The molecule has 1 atom stereocenters. The fourth-order valence-corrected chi connectivity index (χ4v) is 2.77. The largest absolute Gasteiger partial charge is 0.485 e. The molecular weight excluding hydrogens is 366 g/mol. The highest BCUT2D eigenvalue weighted by atomic mass is 16.5. The van der Waals surface area contributed by atoms with Gasteiger partial charge in [-0.05, 0) is 42.3 Å². The lowest BCUT2D eigenvalue weighted by atomic mass is 10.1. The van der Waals surface area contributed by atoms with Crippen LogP contribution in [0.25, 0.3) is 0 Å². The molecular formula is C24H25NO4. The lowest BCUT2D eigenvalue weighted by Gasteiger charge is -2.14. The van der Waals surface area contributed by atoms with E-state index in [4.69, 9.17) is 14.2 Å². The van der Waals surface area contributed by atoms with Crippen molar-refractivity contribution in [1.82, 2.24) is 0 Å². The van der Waals surface area contributed by atoms with Crippen molar-refractivity contribution in [2.75, 3.05) is 19.0 Å². The van der Waals surface area contributed by atoms with Gasteiger partial charge in [0.25, 0.3) is 5.91 Å². The third kappa shape index (κ3) is 6.09. The maximum Gasteiger partial charge on any atom is 0.262 e. The number of nitrogens with one attached hydrogen (secondary N) is 1. The molecule has 0 spiro atoms. The van der Waals surface area contributed by atoms with Crippen LogP contribution >= 0.6 is 0 Å². The van der Waals surface area contributed by atoms with Crippen molar-refractivity contribution in [2.24, 2.45) is 0 Å². The third-order valence-electron chi connectivity index (χ3n) is 4.44. The van der Waals surface area contributed by atoms with Gasteiger partial charge in [-0.3, -0.25) is 4.79 Å². The Bertz CT molecular complexity index is 927. The summed E-state index contributed by atoms with van der Waals surface area (Å²) in [6.45, 7) is 2.27. The summed E-state index contributed by atoms with van der Waals surface area (Å²) in [5, 5.41) is 2.85. The normalized spacial score (nSPS) is 11.5. The second kappa shape index (κ2) is 10.3. The first-order chi connectivity index (χ1) is 14.2. The van der Waals surface area contributed by atoms with Crippen LogP contribution in [0, 0.1) is 0 Å². The Morgan fingerprint density at radius 1 is 0.897 bits per heavy atom. The minimum Gasteiger partial charge on any atom is -0.485 e. The Morgan fingerprint density at radius 3 is 2.31 bits per heavy atom. The van der Waals surface area contributed by atoms with Gasteiger partial charge in [0.1, 0.15) is 6.61 Å². The fraction of sp³-hybridized carbons (Fsp3) is 0.208. The van der Waals surface area contributed by atoms with E-state index in [0.29, 0.717) is 23.8 Å². The molecule has 1 unspecified atom stereocenters. The highest BCUT2D eigenvalue weighted by Crippen LogP contribution is 2.27. The number of ether oxygens (including phenoxy) is 3. The van der Waals surface area contributed by atoms with E-state index < -0.39 is 0 Å². The average Bonchev–Trinajstić information content (AvgIpc) is 2.77. The highest BCUT2D eigenvalue weighted by Gasteiger charge is 2.10. The minimum atomic E-state index is -0.245. The van der Waals surface area contributed by atoms with Gasteiger partial charge in [-0.1, -0.05) is 54.6 Å². The molecule has 0 saturated carbocycles. The van der Waals surface area contributed by atoms with Crippen LogP contribution in [0.5, 0.6) is 11.5 Å². The number of carbonyl (C=O) groups excluding carboxylic acids is 1. The Labute approximate surface area is 171 Å². The quantitative estimate of drug-likeness (QED) is 0.558. The zero-order valence-corrected chi connectivity index (χ0v) is 16.6. The van der Waals surface area contributed by atoms with E-state index in [1.165, 1.54) is 0 Å². The van der Waals surface area contributed by atoms with Crippen molar-refractivity contribution in [1.29, 1.82) is 0 Å². The van der Waals surface area contributed by atoms with Crippen molar-refractivity contribution in [3.05, 3.63) is 90.0 Å². The Kier molecular flexibility index (Phi) is 7.25. The number of anilines is 1. The van der Waals surface area contributed by atoms with Gasteiger partial charge in [-0.15, -0.1) is 0 Å². The maximum absolute atomic E-state index is 12.3. The van der Waals surface area contributed by atoms with Crippen LogP contribution in [0.1, 0.15) is 24.2 Å². The van der Waals surface area contributed by atoms with Crippen LogP contribution in [0.4, 0.5) is 5.69 Å². The molecule has 0 fully saturated rings. The highest BCUT2D eigenvalue weighted by molar-refractivity contribution is 5.92. The summed E-state index contributed by atoms with van der Waals surface area (Å²) in [7, 11) is 1.65. The first kappa shape index (κ1) is 20.4. The topological polar surface area (TPSA) is 56.8 Å². The van der Waals surface area contributed by atoms with Crippen LogP contribution in [0.2, 0.25) is 0 Å². The molecule has 3 aromatic carbocycles. The van der Waals surface area contributed by atoms with E-state index in [1.807, 2.05) is 79.7 Å². The lowest BCUT2D eigenvalue weighted by Crippen LogP contribution is -2.20. The van der Waals surface area contributed by atoms with Crippen LogP contribution in [0.15, 0.2) is 78.9 Å². The van der Waals surface area contributed by atoms with Gasteiger partial charge >= 0.3 is 0 Å². The van der Waals surface area contributed by atoms with Crippen molar-refractivity contribution < 1.29 is 19.0 Å². The van der Waals surface area contributed by atoms with Gasteiger partial charge in [0.2, 0.25) is 0 Å². The molecule has 150 valence electrons. The number of carbonyl (C=O) groups is 1. The van der Waals surface area contributed by atoms with Crippen LogP contribution < -0.4 is 14.8 Å². The predicted octanol–water partition coefficient (Wildman–Crippen LogP) is 4.99. The summed E-state index contributed by atoms with van der Waals surface area (Å²) in [4.78, 5) is 12.3. The summed E-state index contributed by atoms with van der Waals surface area (Å²) in [6, 6.07) is 24.8. The number of amides is 1. The van der Waals surface area contributed by atoms with Gasteiger partial charge < -0.3 is 19.5 Å². The molecule has 5 nitrogen and oxygen atoms in total. The SMILES string of the molecule is COC(C)c1cccc(NC(=O)COc2ccccc2OCc2ccccc2)c1. The first-order valence-corrected chi connectivity index (χ1v) is 9.47. The monoisotopic (exact) mass is 391 g/mol. The molecule has 1 amide bonds. The molecule has 0 aliphatic rings. The zero-order valence-electron chi connectivity index (χ0n) is 16.6. The molecule has 0 radical (unpaired) electrons. The molecule has 3 aromatic rings. The Morgan fingerprint density at radius 2 is 1.59 bits per heavy atom. The second-order valence-corrected chi connectivity index (χ2v) is 6.56. The molecule has 0 aliphatic carbocycles. The molecule has 29 heavy (non-hydrogen) atoms. The number of hydrogen-bond acceptors (Lipinski definition) is 4. The number of methoxy groups -OCH3 is 1. The zero-order chi connectivity index (χ0) is 20.5. The van der Waals surface area contributed by atoms with E-state index in [-0.39, 0.29) is 18.6 Å². The number of rotatable bonds is 9. The van der Waals surface area contributed by atoms with E-state index in [9.17, 15) is 4.79 Å². The standard InChI is InChI=1S/C24H25NO4/c1-18(27-2)20-11-8-12-21(15-20)25-24(26)17-29-23-14-7-6-13-22(23)28-16-19-9-4-3-5-10-19/h3-15,18H,16-17H2,1-2H3,(H,25,26). The molecule has 1 N–H and O–H groups in total. The van der Waals surface area contributed by atoms with Gasteiger partial charge in [-0.2, -0.15) is 0 Å². The summed E-state index contributed by atoms with van der Waals surface area (Å²) in [6.07, 6.45) is -0.0447.